The second kappa shape index (κ2) is 4.89. The highest BCUT2D eigenvalue weighted by Gasteiger charge is 2.30. The zero-order chi connectivity index (χ0) is 14.9. The SMILES string of the molecule is Cc1nn(C)c(Oc2ccc(C(F)(F)F)cc2)c1C#N. The Labute approximate surface area is 113 Å². The summed E-state index contributed by atoms with van der Waals surface area (Å²) < 4.78 is 44.1. The number of rotatable bonds is 2. The molecular weight excluding hydrogens is 271 g/mol. The lowest BCUT2D eigenvalue weighted by Gasteiger charge is -2.09. The monoisotopic (exact) mass is 281 g/mol. The average Bonchev–Trinajstić information content (AvgIpc) is 2.63. The summed E-state index contributed by atoms with van der Waals surface area (Å²) in [5.74, 6) is 0.405. The van der Waals surface area contributed by atoms with Crippen LogP contribution in [0.3, 0.4) is 0 Å². The predicted molar refractivity (Wildman–Crippen MR) is 64.2 cm³/mol. The molecule has 0 saturated heterocycles. The van der Waals surface area contributed by atoms with Gasteiger partial charge in [-0.05, 0) is 31.2 Å². The van der Waals surface area contributed by atoms with Crippen LogP contribution in [-0.2, 0) is 13.2 Å². The Morgan fingerprint density at radius 2 is 1.85 bits per heavy atom. The van der Waals surface area contributed by atoms with Gasteiger partial charge in [0.1, 0.15) is 17.4 Å². The van der Waals surface area contributed by atoms with E-state index in [-0.39, 0.29) is 17.2 Å². The Morgan fingerprint density at radius 1 is 1.25 bits per heavy atom. The summed E-state index contributed by atoms with van der Waals surface area (Å²) in [6, 6.07) is 6.20. The quantitative estimate of drug-likeness (QED) is 0.847. The van der Waals surface area contributed by atoms with E-state index in [2.05, 4.69) is 5.10 Å². The molecule has 1 heterocycles. The maximum absolute atomic E-state index is 12.4. The van der Waals surface area contributed by atoms with Gasteiger partial charge < -0.3 is 4.74 Å². The molecule has 0 spiro atoms. The van der Waals surface area contributed by atoms with Gasteiger partial charge in [-0.3, -0.25) is 0 Å². The summed E-state index contributed by atoms with van der Waals surface area (Å²) in [5, 5.41) is 13.0. The fraction of sp³-hybridized carbons (Fsp3) is 0.231. The van der Waals surface area contributed by atoms with Crippen LogP contribution < -0.4 is 4.74 Å². The van der Waals surface area contributed by atoms with Gasteiger partial charge in [0.05, 0.1) is 11.3 Å². The van der Waals surface area contributed by atoms with Crippen molar-refractivity contribution >= 4 is 0 Å². The van der Waals surface area contributed by atoms with Gasteiger partial charge in [-0.15, -0.1) is 0 Å². The molecule has 0 bridgehead atoms. The number of ether oxygens (including phenoxy) is 1. The van der Waals surface area contributed by atoms with Gasteiger partial charge in [-0.25, -0.2) is 4.68 Å². The first-order valence-electron chi connectivity index (χ1n) is 5.61. The molecule has 0 aliphatic heterocycles. The van der Waals surface area contributed by atoms with Crippen LogP contribution in [0.25, 0.3) is 0 Å². The normalized spacial score (nSPS) is 11.2. The number of halogens is 3. The van der Waals surface area contributed by atoms with Crippen molar-refractivity contribution in [3.8, 4) is 17.7 Å². The van der Waals surface area contributed by atoms with E-state index in [1.807, 2.05) is 6.07 Å². The summed E-state index contributed by atoms with van der Waals surface area (Å²) >= 11 is 0. The molecule has 0 amide bonds. The highest BCUT2D eigenvalue weighted by Crippen LogP contribution is 2.32. The van der Waals surface area contributed by atoms with E-state index < -0.39 is 11.7 Å². The number of nitriles is 1. The van der Waals surface area contributed by atoms with Crippen LogP contribution in [0.2, 0.25) is 0 Å². The van der Waals surface area contributed by atoms with Crippen molar-refractivity contribution in [1.82, 2.24) is 9.78 Å². The number of aromatic nitrogens is 2. The Kier molecular flexibility index (Phi) is 3.40. The van der Waals surface area contributed by atoms with E-state index in [1.165, 1.54) is 16.8 Å². The molecule has 2 rings (SSSR count). The predicted octanol–water partition coefficient (Wildman–Crippen LogP) is 3.41. The molecule has 7 heteroatoms. The van der Waals surface area contributed by atoms with Crippen LogP contribution in [0.1, 0.15) is 16.8 Å². The van der Waals surface area contributed by atoms with Crippen molar-refractivity contribution < 1.29 is 17.9 Å². The molecule has 0 atom stereocenters. The third-order valence-electron chi connectivity index (χ3n) is 2.68. The van der Waals surface area contributed by atoms with E-state index in [4.69, 9.17) is 10.00 Å². The number of hydrogen-bond acceptors (Lipinski definition) is 3. The summed E-state index contributed by atoms with van der Waals surface area (Å²) in [6.45, 7) is 1.65. The van der Waals surface area contributed by atoms with Gasteiger partial charge in [-0.2, -0.15) is 23.5 Å². The average molecular weight is 281 g/mol. The molecule has 4 nitrogen and oxygen atoms in total. The lowest BCUT2D eigenvalue weighted by molar-refractivity contribution is -0.137. The van der Waals surface area contributed by atoms with Gasteiger partial charge >= 0.3 is 6.18 Å². The van der Waals surface area contributed by atoms with Crippen LogP contribution >= 0.6 is 0 Å². The van der Waals surface area contributed by atoms with E-state index in [1.54, 1.807) is 14.0 Å². The minimum atomic E-state index is -4.39. The van der Waals surface area contributed by atoms with E-state index in [0.29, 0.717) is 5.69 Å². The highest BCUT2D eigenvalue weighted by molar-refractivity contribution is 5.44. The smallest absolute Gasteiger partial charge is 0.416 e. The number of alkyl halides is 3. The van der Waals surface area contributed by atoms with Gasteiger partial charge in [0.2, 0.25) is 5.88 Å². The first-order valence-corrected chi connectivity index (χ1v) is 5.61. The number of hydrogen-bond donors (Lipinski definition) is 0. The second-order valence-electron chi connectivity index (χ2n) is 4.13. The standard InChI is InChI=1S/C13H10F3N3O/c1-8-11(7-17)12(19(2)18-8)20-10-5-3-9(4-6-10)13(14,15)16/h3-6H,1-2H3. The van der Waals surface area contributed by atoms with Crippen molar-refractivity contribution in [3.05, 3.63) is 41.1 Å². The fourth-order valence-corrected chi connectivity index (χ4v) is 1.71. The van der Waals surface area contributed by atoms with Crippen LogP contribution in [0.15, 0.2) is 24.3 Å². The Bertz CT molecular complexity index is 666. The van der Waals surface area contributed by atoms with Gasteiger partial charge in [0.15, 0.2) is 0 Å². The Hall–Kier alpha value is -2.49. The maximum atomic E-state index is 12.4. The lowest BCUT2D eigenvalue weighted by Crippen LogP contribution is -2.04. The molecule has 0 fully saturated rings. The summed E-state index contributed by atoms with van der Waals surface area (Å²) in [7, 11) is 1.59. The highest BCUT2D eigenvalue weighted by atomic mass is 19.4. The fourth-order valence-electron chi connectivity index (χ4n) is 1.71. The minimum Gasteiger partial charge on any atom is -0.438 e. The Balaban J connectivity index is 2.30. The molecule has 1 aromatic carbocycles. The zero-order valence-corrected chi connectivity index (χ0v) is 10.7. The molecule has 0 unspecified atom stereocenters. The summed E-state index contributed by atoms with van der Waals surface area (Å²) in [6.07, 6.45) is -4.39. The van der Waals surface area contributed by atoms with Crippen LogP contribution in [0, 0.1) is 18.3 Å². The summed E-state index contributed by atoms with van der Waals surface area (Å²) in [5.41, 5.74) is -0.00384. The topological polar surface area (TPSA) is 50.8 Å². The van der Waals surface area contributed by atoms with E-state index in [0.717, 1.165) is 12.1 Å². The minimum absolute atomic E-state index is 0.199. The maximum Gasteiger partial charge on any atom is 0.416 e. The Morgan fingerprint density at radius 3 is 2.35 bits per heavy atom. The zero-order valence-electron chi connectivity index (χ0n) is 10.7. The van der Waals surface area contributed by atoms with Gasteiger partial charge in [0.25, 0.3) is 0 Å². The molecular formula is C13H10F3N3O. The van der Waals surface area contributed by atoms with Crippen LogP contribution in [0.4, 0.5) is 13.2 Å². The molecule has 20 heavy (non-hydrogen) atoms. The summed E-state index contributed by atoms with van der Waals surface area (Å²) in [4.78, 5) is 0. The number of benzene rings is 1. The molecule has 0 saturated carbocycles. The van der Waals surface area contributed by atoms with Crippen molar-refractivity contribution in [3.63, 3.8) is 0 Å². The van der Waals surface area contributed by atoms with Crippen molar-refractivity contribution in [2.24, 2.45) is 7.05 Å². The molecule has 0 radical (unpaired) electrons. The van der Waals surface area contributed by atoms with Crippen LogP contribution in [-0.4, -0.2) is 9.78 Å². The van der Waals surface area contributed by atoms with Crippen molar-refractivity contribution in [2.75, 3.05) is 0 Å². The molecule has 1 aromatic heterocycles. The van der Waals surface area contributed by atoms with E-state index >= 15 is 0 Å². The molecule has 0 N–H and O–H groups in total. The van der Waals surface area contributed by atoms with Crippen molar-refractivity contribution in [2.45, 2.75) is 13.1 Å². The number of aryl methyl sites for hydroxylation is 2. The first-order chi connectivity index (χ1) is 9.32. The number of nitrogens with zero attached hydrogens (tertiary/aromatic N) is 3. The largest absolute Gasteiger partial charge is 0.438 e. The van der Waals surface area contributed by atoms with Crippen molar-refractivity contribution in [1.29, 1.82) is 5.26 Å². The third kappa shape index (κ3) is 2.59. The molecule has 104 valence electrons. The van der Waals surface area contributed by atoms with Gasteiger partial charge in [0, 0.05) is 7.05 Å². The molecule has 2 aromatic rings. The second-order valence-corrected chi connectivity index (χ2v) is 4.13. The first kappa shape index (κ1) is 13.9. The third-order valence-corrected chi connectivity index (χ3v) is 2.68. The lowest BCUT2D eigenvalue weighted by atomic mass is 10.2. The van der Waals surface area contributed by atoms with Gasteiger partial charge in [-0.1, -0.05) is 0 Å². The van der Waals surface area contributed by atoms with Crippen LogP contribution in [0.5, 0.6) is 11.6 Å². The molecule has 0 aliphatic rings. The molecule has 0 aliphatic carbocycles. The van der Waals surface area contributed by atoms with E-state index in [9.17, 15) is 13.2 Å².